The van der Waals surface area contributed by atoms with Gasteiger partial charge in [-0.3, -0.25) is 5.43 Å². The average molecular weight is 236 g/mol. The quantitative estimate of drug-likeness (QED) is 0.589. The molecule has 1 aromatic carbocycles. The van der Waals surface area contributed by atoms with Gasteiger partial charge in [0.25, 0.3) is 0 Å². The lowest BCUT2D eigenvalue weighted by atomic mass is 10.1. The molecule has 0 radical (unpaired) electrons. The molecule has 0 saturated heterocycles. The van der Waals surface area contributed by atoms with E-state index in [0.29, 0.717) is 0 Å². The number of fused-ring (bicyclic) bond motifs is 3. The summed E-state index contributed by atoms with van der Waals surface area (Å²) >= 11 is 6.17. The Kier molecular flexibility index (Phi) is 2.04. The zero-order valence-corrected chi connectivity index (χ0v) is 9.38. The molecule has 4 nitrogen and oxygen atoms in total. The number of alkyl halides is 1. The Morgan fingerprint density at radius 1 is 1.44 bits per heavy atom. The highest BCUT2D eigenvalue weighted by molar-refractivity contribution is 6.22. The summed E-state index contributed by atoms with van der Waals surface area (Å²) in [5.41, 5.74) is 5.53. The molecule has 5 heteroatoms. The normalized spacial score (nSPS) is 18.2. The van der Waals surface area contributed by atoms with Crippen LogP contribution in [0.5, 0.6) is 5.75 Å². The van der Waals surface area contributed by atoms with Crippen LogP contribution in [0.1, 0.15) is 16.8 Å². The third-order valence-electron chi connectivity index (χ3n) is 2.71. The summed E-state index contributed by atoms with van der Waals surface area (Å²) in [4.78, 5) is 3.27. The summed E-state index contributed by atoms with van der Waals surface area (Å²) in [7, 11) is 1.65. The Morgan fingerprint density at radius 3 is 3.12 bits per heavy atom. The van der Waals surface area contributed by atoms with Gasteiger partial charge in [0, 0.05) is 22.5 Å². The number of ether oxygens (including phenoxy) is 1. The molecule has 0 fully saturated rings. The zero-order valence-electron chi connectivity index (χ0n) is 8.62. The molecule has 2 N–H and O–H groups in total. The number of aromatic amines is 1. The van der Waals surface area contributed by atoms with E-state index in [1.54, 1.807) is 13.3 Å². The van der Waals surface area contributed by atoms with Crippen LogP contribution >= 0.6 is 11.6 Å². The van der Waals surface area contributed by atoms with E-state index in [0.717, 1.165) is 27.9 Å². The summed E-state index contributed by atoms with van der Waals surface area (Å²) in [6.45, 7) is 0. The van der Waals surface area contributed by atoms with Gasteiger partial charge in [-0.2, -0.15) is 5.10 Å². The fourth-order valence-electron chi connectivity index (χ4n) is 1.95. The van der Waals surface area contributed by atoms with Gasteiger partial charge in [0.15, 0.2) is 0 Å². The lowest BCUT2D eigenvalue weighted by Gasteiger charge is -2.13. The van der Waals surface area contributed by atoms with Gasteiger partial charge in [0.1, 0.15) is 11.3 Å². The van der Waals surface area contributed by atoms with Crippen LogP contribution in [0.15, 0.2) is 23.3 Å². The molecular weight excluding hydrogens is 226 g/mol. The molecule has 0 aliphatic carbocycles. The molecule has 1 aliphatic rings. The summed E-state index contributed by atoms with van der Waals surface area (Å²) in [6.07, 6.45) is 1.74. The fourth-order valence-corrected chi connectivity index (χ4v) is 2.24. The maximum absolute atomic E-state index is 6.17. The Balaban J connectivity index is 2.29. The van der Waals surface area contributed by atoms with Gasteiger partial charge >= 0.3 is 0 Å². The van der Waals surface area contributed by atoms with E-state index >= 15 is 0 Å². The first kappa shape index (κ1) is 9.54. The van der Waals surface area contributed by atoms with E-state index in [1.807, 2.05) is 18.2 Å². The van der Waals surface area contributed by atoms with E-state index in [2.05, 4.69) is 15.5 Å². The standard InChI is InChI=1S/C11H10ClN3O/c1-16-6-2-3-7-8(4-6)14-9-5-13-15-11(12)10(7)9/h2-5,11,14-15H,1H3. The highest BCUT2D eigenvalue weighted by Crippen LogP contribution is 2.33. The van der Waals surface area contributed by atoms with Gasteiger partial charge in [0.05, 0.1) is 19.0 Å². The molecule has 16 heavy (non-hydrogen) atoms. The van der Waals surface area contributed by atoms with Crippen LogP contribution in [0.3, 0.4) is 0 Å². The van der Waals surface area contributed by atoms with Crippen molar-refractivity contribution in [3.8, 4) is 5.75 Å². The third-order valence-corrected chi connectivity index (χ3v) is 3.03. The van der Waals surface area contributed by atoms with E-state index < -0.39 is 0 Å². The van der Waals surface area contributed by atoms with Crippen molar-refractivity contribution in [3.05, 3.63) is 29.5 Å². The van der Waals surface area contributed by atoms with Crippen molar-refractivity contribution in [1.82, 2.24) is 10.4 Å². The Hall–Kier alpha value is -1.68. The average Bonchev–Trinajstić information content (AvgIpc) is 2.67. The van der Waals surface area contributed by atoms with Crippen molar-refractivity contribution in [1.29, 1.82) is 0 Å². The molecule has 3 rings (SSSR count). The van der Waals surface area contributed by atoms with Crippen molar-refractivity contribution in [3.63, 3.8) is 0 Å². The van der Waals surface area contributed by atoms with Gasteiger partial charge in [-0.05, 0) is 12.1 Å². The second-order valence-electron chi connectivity index (χ2n) is 3.61. The Bertz CT molecular complexity index is 576. The molecule has 1 unspecified atom stereocenters. The van der Waals surface area contributed by atoms with Crippen LogP contribution in [0, 0.1) is 0 Å². The zero-order chi connectivity index (χ0) is 11.1. The van der Waals surface area contributed by atoms with Crippen molar-refractivity contribution in [2.45, 2.75) is 5.50 Å². The van der Waals surface area contributed by atoms with Gasteiger partial charge in [-0.15, -0.1) is 0 Å². The minimum atomic E-state index is -0.290. The smallest absolute Gasteiger partial charge is 0.145 e. The van der Waals surface area contributed by atoms with Gasteiger partial charge in [-0.1, -0.05) is 11.6 Å². The second kappa shape index (κ2) is 3.42. The highest BCUT2D eigenvalue weighted by atomic mass is 35.5. The molecule has 1 aliphatic heterocycles. The molecule has 0 spiro atoms. The number of hydrogen-bond donors (Lipinski definition) is 2. The van der Waals surface area contributed by atoms with E-state index in [1.165, 1.54) is 0 Å². The number of methoxy groups -OCH3 is 1. The number of hydrazone groups is 1. The van der Waals surface area contributed by atoms with Crippen molar-refractivity contribution >= 4 is 28.7 Å². The largest absolute Gasteiger partial charge is 0.497 e. The number of halogens is 1. The molecule has 2 heterocycles. The van der Waals surface area contributed by atoms with E-state index in [-0.39, 0.29) is 5.50 Å². The number of H-pyrrole nitrogens is 1. The van der Waals surface area contributed by atoms with Gasteiger partial charge in [-0.25, -0.2) is 0 Å². The minimum absolute atomic E-state index is 0.290. The summed E-state index contributed by atoms with van der Waals surface area (Å²) in [5, 5.41) is 5.06. The highest BCUT2D eigenvalue weighted by Gasteiger charge is 2.20. The monoisotopic (exact) mass is 235 g/mol. The van der Waals surface area contributed by atoms with Crippen molar-refractivity contribution < 1.29 is 4.74 Å². The first-order valence-corrected chi connectivity index (χ1v) is 5.35. The number of benzene rings is 1. The van der Waals surface area contributed by atoms with E-state index in [4.69, 9.17) is 16.3 Å². The maximum atomic E-state index is 6.17. The summed E-state index contributed by atoms with van der Waals surface area (Å²) in [5.74, 6) is 0.821. The van der Waals surface area contributed by atoms with Crippen LogP contribution in [0.4, 0.5) is 0 Å². The molecular formula is C11H10ClN3O. The number of nitrogens with zero attached hydrogens (tertiary/aromatic N) is 1. The summed E-state index contributed by atoms with van der Waals surface area (Å²) in [6, 6.07) is 5.87. The number of rotatable bonds is 1. The molecule has 0 bridgehead atoms. The first-order chi connectivity index (χ1) is 7.79. The molecule has 0 amide bonds. The van der Waals surface area contributed by atoms with Crippen LogP contribution in [-0.2, 0) is 0 Å². The Labute approximate surface area is 97.2 Å². The lowest BCUT2D eigenvalue weighted by Crippen LogP contribution is -2.15. The predicted molar refractivity (Wildman–Crippen MR) is 64.2 cm³/mol. The second-order valence-corrected chi connectivity index (χ2v) is 4.05. The maximum Gasteiger partial charge on any atom is 0.145 e. The van der Waals surface area contributed by atoms with Gasteiger partial charge in [0.2, 0.25) is 0 Å². The topological polar surface area (TPSA) is 49.4 Å². The molecule has 1 atom stereocenters. The van der Waals surface area contributed by atoms with Crippen molar-refractivity contribution in [2.24, 2.45) is 5.10 Å². The van der Waals surface area contributed by atoms with Crippen LogP contribution in [0.2, 0.25) is 0 Å². The first-order valence-electron chi connectivity index (χ1n) is 4.92. The summed E-state index contributed by atoms with van der Waals surface area (Å²) < 4.78 is 5.18. The van der Waals surface area contributed by atoms with Crippen LogP contribution < -0.4 is 10.2 Å². The number of hydrogen-bond acceptors (Lipinski definition) is 3. The van der Waals surface area contributed by atoms with Gasteiger partial charge < -0.3 is 9.72 Å². The minimum Gasteiger partial charge on any atom is -0.497 e. The fraction of sp³-hybridized carbons (Fsp3) is 0.182. The number of aromatic nitrogens is 1. The van der Waals surface area contributed by atoms with Crippen LogP contribution in [0.25, 0.3) is 10.9 Å². The third kappa shape index (κ3) is 1.27. The SMILES string of the molecule is COc1ccc2c3c([nH]c2c1)C=NNC3Cl. The number of nitrogens with one attached hydrogen (secondary N) is 2. The van der Waals surface area contributed by atoms with Crippen LogP contribution in [-0.4, -0.2) is 18.3 Å². The molecule has 82 valence electrons. The lowest BCUT2D eigenvalue weighted by molar-refractivity contribution is 0.415. The molecule has 0 saturated carbocycles. The van der Waals surface area contributed by atoms with Crippen molar-refractivity contribution in [2.75, 3.05) is 7.11 Å². The Morgan fingerprint density at radius 2 is 2.31 bits per heavy atom. The van der Waals surface area contributed by atoms with E-state index in [9.17, 15) is 0 Å². The molecule has 2 aromatic rings. The predicted octanol–water partition coefficient (Wildman–Crippen LogP) is 2.35. The molecule has 1 aromatic heterocycles.